The summed E-state index contributed by atoms with van der Waals surface area (Å²) < 4.78 is 42.0. The lowest BCUT2D eigenvalue weighted by Gasteiger charge is -2.25. The van der Waals surface area contributed by atoms with Gasteiger partial charge in [-0.3, -0.25) is 9.89 Å². The lowest BCUT2D eigenvalue weighted by molar-refractivity contribution is 0.1000. The van der Waals surface area contributed by atoms with Crippen molar-refractivity contribution in [1.29, 1.82) is 0 Å². The van der Waals surface area contributed by atoms with Gasteiger partial charge in [0, 0.05) is 18.2 Å². The minimum absolute atomic E-state index is 0.00232. The molecule has 2 atom stereocenters. The van der Waals surface area contributed by atoms with E-state index in [1.165, 1.54) is 12.3 Å². The van der Waals surface area contributed by atoms with Gasteiger partial charge in [-0.05, 0) is 24.3 Å². The van der Waals surface area contributed by atoms with E-state index in [0.717, 1.165) is 18.2 Å². The zero-order chi connectivity index (χ0) is 18.4. The number of amides is 1. The summed E-state index contributed by atoms with van der Waals surface area (Å²) in [6, 6.07) is 3.85. The molecule has 1 amide bonds. The summed E-state index contributed by atoms with van der Waals surface area (Å²) in [5.41, 5.74) is 5.89. The van der Waals surface area contributed by atoms with Crippen molar-refractivity contribution in [3.05, 3.63) is 53.2 Å². The molecule has 9 heteroatoms. The summed E-state index contributed by atoms with van der Waals surface area (Å²) in [5, 5.41) is 7.30. The number of aromatic amines is 1. The molecule has 0 aliphatic carbocycles. The first-order valence-electron chi connectivity index (χ1n) is 7.93. The summed E-state index contributed by atoms with van der Waals surface area (Å²) in [6.07, 6.45) is 0.0670. The first-order valence-corrected chi connectivity index (χ1v) is 7.93. The van der Waals surface area contributed by atoms with Crippen LogP contribution in [0.15, 0.2) is 30.5 Å². The average molecular weight is 361 g/mol. The number of rotatable bonds is 3. The van der Waals surface area contributed by atoms with Crippen LogP contribution in [0.4, 0.5) is 19.0 Å². The maximum Gasteiger partial charge on any atom is 0.250 e. The van der Waals surface area contributed by atoms with Gasteiger partial charge in [0.1, 0.15) is 17.8 Å². The molecule has 1 saturated heterocycles. The first-order chi connectivity index (χ1) is 12.4. The number of carbonyl (C=O) groups is 1. The molecule has 1 aromatic carbocycles. The van der Waals surface area contributed by atoms with Gasteiger partial charge in [0.05, 0.1) is 23.5 Å². The molecule has 3 heterocycles. The summed E-state index contributed by atoms with van der Waals surface area (Å²) in [5.74, 6) is -1.58. The second-order valence-electron chi connectivity index (χ2n) is 6.20. The number of halogens is 3. The third-order valence-corrected chi connectivity index (χ3v) is 4.52. The fourth-order valence-electron chi connectivity index (χ4n) is 3.33. The summed E-state index contributed by atoms with van der Waals surface area (Å²) in [7, 11) is 0. The van der Waals surface area contributed by atoms with E-state index in [-0.39, 0.29) is 24.1 Å². The predicted molar refractivity (Wildman–Crippen MR) is 88.4 cm³/mol. The molecule has 3 N–H and O–H groups in total. The summed E-state index contributed by atoms with van der Waals surface area (Å²) >= 11 is 0. The van der Waals surface area contributed by atoms with Crippen molar-refractivity contribution in [1.82, 2.24) is 15.2 Å². The number of fused-ring (bicyclic) bond motifs is 1. The van der Waals surface area contributed by atoms with Crippen molar-refractivity contribution in [3.63, 3.8) is 0 Å². The van der Waals surface area contributed by atoms with Gasteiger partial charge in [0.2, 0.25) is 5.91 Å². The molecule has 6 nitrogen and oxygen atoms in total. The fraction of sp³-hybridized carbons (Fsp3) is 0.235. The number of benzene rings is 1. The number of H-pyrrole nitrogens is 1. The number of primary amides is 1. The SMILES string of the molecule is NC(=O)c1cnc2[nH]nc(N3C[C@@H](F)CC3c3cc(F)ccc3F)c2c1. The first kappa shape index (κ1) is 16.4. The van der Waals surface area contributed by atoms with Gasteiger partial charge in [-0.25, -0.2) is 18.2 Å². The van der Waals surface area contributed by atoms with Crippen molar-refractivity contribution < 1.29 is 18.0 Å². The molecule has 0 saturated carbocycles. The van der Waals surface area contributed by atoms with Crippen LogP contribution in [-0.4, -0.2) is 33.8 Å². The Kier molecular flexibility index (Phi) is 3.78. The van der Waals surface area contributed by atoms with Crippen molar-refractivity contribution >= 4 is 22.8 Å². The van der Waals surface area contributed by atoms with Crippen LogP contribution in [0.5, 0.6) is 0 Å². The molecule has 1 fully saturated rings. The van der Waals surface area contributed by atoms with E-state index >= 15 is 0 Å². The number of nitrogens with two attached hydrogens (primary N) is 1. The van der Waals surface area contributed by atoms with Crippen LogP contribution < -0.4 is 10.6 Å². The van der Waals surface area contributed by atoms with E-state index in [4.69, 9.17) is 5.73 Å². The largest absolute Gasteiger partial charge is 0.366 e. The van der Waals surface area contributed by atoms with E-state index in [2.05, 4.69) is 15.2 Å². The lowest BCUT2D eigenvalue weighted by atomic mass is 10.0. The lowest BCUT2D eigenvalue weighted by Crippen LogP contribution is -2.25. The number of carbonyl (C=O) groups excluding carboxylic acids is 1. The number of hydrogen-bond acceptors (Lipinski definition) is 4. The van der Waals surface area contributed by atoms with Crippen LogP contribution in [0.2, 0.25) is 0 Å². The van der Waals surface area contributed by atoms with Gasteiger partial charge in [-0.1, -0.05) is 0 Å². The Morgan fingerprint density at radius 1 is 1.31 bits per heavy atom. The van der Waals surface area contributed by atoms with Crippen molar-refractivity contribution in [2.24, 2.45) is 5.73 Å². The monoisotopic (exact) mass is 361 g/mol. The second-order valence-corrected chi connectivity index (χ2v) is 6.20. The molecule has 4 rings (SSSR count). The molecular weight excluding hydrogens is 347 g/mol. The maximum absolute atomic E-state index is 14.2. The Bertz CT molecular complexity index is 1010. The normalized spacial score (nSPS) is 20.0. The Morgan fingerprint density at radius 3 is 2.88 bits per heavy atom. The molecule has 0 radical (unpaired) electrons. The average Bonchev–Trinajstić information content (AvgIpc) is 3.19. The van der Waals surface area contributed by atoms with Gasteiger partial charge < -0.3 is 10.6 Å². The fourth-order valence-corrected chi connectivity index (χ4v) is 3.33. The Labute approximate surface area is 145 Å². The Hall–Kier alpha value is -3.10. The van der Waals surface area contributed by atoms with E-state index < -0.39 is 29.8 Å². The molecule has 2 aromatic heterocycles. The number of hydrogen-bond donors (Lipinski definition) is 2. The Morgan fingerprint density at radius 2 is 2.12 bits per heavy atom. The van der Waals surface area contributed by atoms with Gasteiger partial charge in [-0.15, -0.1) is 0 Å². The van der Waals surface area contributed by atoms with Crippen LogP contribution >= 0.6 is 0 Å². The third kappa shape index (κ3) is 2.65. The second kappa shape index (κ2) is 6.01. The molecule has 0 spiro atoms. The number of nitrogens with one attached hydrogen (secondary N) is 1. The smallest absolute Gasteiger partial charge is 0.250 e. The molecule has 1 aliphatic rings. The molecule has 26 heavy (non-hydrogen) atoms. The van der Waals surface area contributed by atoms with Gasteiger partial charge in [-0.2, -0.15) is 5.10 Å². The van der Waals surface area contributed by atoms with Crippen LogP contribution in [0.1, 0.15) is 28.4 Å². The minimum Gasteiger partial charge on any atom is -0.366 e. The standard InChI is InChI=1S/C17H14F3N5O/c18-9-1-2-13(20)11(4-9)14-5-10(19)7-25(14)17-12-3-8(15(21)26)6-22-16(12)23-24-17/h1-4,6,10,14H,5,7H2,(H2,21,26)(H,22,23,24)/t10-,14?/m0/s1. The van der Waals surface area contributed by atoms with E-state index in [0.29, 0.717) is 16.9 Å². The van der Waals surface area contributed by atoms with Crippen LogP contribution in [0.3, 0.4) is 0 Å². The highest BCUT2D eigenvalue weighted by atomic mass is 19.1. The summed E-state index contributed by atoms with van der Waals surface area (Å²) in [4.78, 5) is 17.0. The zero-order valence-electron chi connectivity index (χ0n) is 13.4. The van der Waals surface area contributed by atoms with Crippen molar-refractivity contribution in [2.45, 2.75) is 18.6 Å². The zero-order valence-corrected chi connectivity index (χ0v) is 13.4. The Balaban J connectivity index is 1.82. The van der Waals surface area contributed by atoms with E-state index in [1.807, 2.05) is 0 Å². The number of anilines is 1. The van der Waals surface area contributed by atoms with Crippen molar-refractivity contribution in [2.75, 3.05) is 11.4 Å². The van der Waals surface area contributed by atoms with E-state index in [1.54, 1.807) is 4.90 Å². The number of aromatic nitrogens is 3. The van der Waals surface area contributed by atoms with Crippen LogP contribution in [0.25, 0.3) is 11.0 Å². The number of alkyl halides is 1. The summed E-state index contributed by atoms with van der Waals surface area (Å²) in [6.45, 7) is -0.0403. The highest BCUT2D eigenvalue weighted by Gasteiger charge is 2.37. The number of pyridine rings is 1. The highest BCUT2D eigenvalue weighted by molar-refractivity contribution is 5.98. The van der Waals surface area contributed by atoms with Crippen molar-refractivity contribution in [3.8, 4) is 0 Å². The molecule has 134 valence electrons. The van der Waals surface area contributed by atoms with Gasteiger partial charge in [0.25, 0.3) is 0 Å². The van der Waals surface area contributed by atoms with Gasteiger partial charge >= 0.3 is 0 Å². The highest BCUT2D eigenvalue weighted by Crippen LogP contribution is 2.40. The number of nitrogens with zero attached hydrogens (tertiary/aromatic N) is 3. The maximum atomic E-state index is 14.2. The van der Waals surface area contributed by atoms with E-state index in [9.17, 15) is 18.0 Å². The topological polar surface area (TPSA) is 87.9 Å². The molecule has 3 aromatic rings. The van der Waals surface area contributed by atoms with Crippen LogP contribution in [-0.2, 0) is 0 Å². The van der Waals surface area contributed by atoms with Crippen LogP contribution in [0, 0.1) is 11.6 Å². The molecule has 1 aliphatic heterocycles. The molecular formula is C17H14F3N5O. The predicted octanol–water partition coefficient (Wildman–Crippen LogP) is 2.62. The van der Waals surface area contributed by atoms with Gasteiger partial charge in [0.15, 0.2) is 11.5 Å². The quantitative estimate of drug-likeness (QED) is 0.751. The third-order valence-electron chi connectivity index (χ3n) is 4.52. The molecule has 1 unspecified atom stereocenters. The minimum atomic E-state index is -1.23. The molecule has 0 bridgehead atoms.